The molecule has 0 radical (unpaired) electrons. The van der Waals surface area contributed by atoms with E-state index in [0.29, 0.717) is 15.6 Å². The first kappa shape index (κ1) is 19.2. The zero-order chi connectivity index (χ0) is 20.7. The predicted molar refractivity (Wildman–Crippen MR) is 122 cm³/mol. The van der Waals surface area contributed by atoms with Crippen molar-refractivity contribution in [1.82, 2.24) is 5.32 Å². The molecule has 1 atom stereocenters. The normalized spacial score (nSPS) is 20.6. The van der Waals surface area contributed by atoms with Gasteiger partial charge in [-0.25, -0.2) is 5.01 Å². The minimum atomic E-state index is -1.09. The number of carbonyl (C=O) groups is 2. The van der Waals surface area contributed by atoms with E-state index < -0.39 is 5.12 Å². The van der Waals surface area contributed by atoms with Crippen molar-refractivity contribution < 1.29 is 9.59 Å². The SMILES string of the molecule is O=C1CSC2(N1)N(c1ccc(Cl)cc1)N=C(C(=O)c1cccs1)N2c1ccccc1. The van der Waals surface area contributed by atoms with Crippen LogP contribution in [-0.2, 0) is 4.79 Å². The van der Waals surface area contributed by atoms with Crippen LogP contribution in [0.4, 0.5) is 11.4 Å². The van der Waals surface area contributed by atoms with Crippen LogP contribution in [0.1, 0.15) is 9.67 Å². The summed E-state index contributed by atoms with van der Waals surface area (Å²) in [6, 6.07) is 20.2. The molecule has 9 heteroatoms. The molecule has 2 aromatic carbocycles. The lowest BCUT2D eigenvalue weighted by Crippen LogP contribution is -2.62. The fourth-order valence-electron chi connectivity index (χ4n) is 3.45. The minimum Gasteiger partial charge on any atom is -0.304 e. The summed E-state index contributed by atoms with van der Waals surface area (Å²) in [4.78, 5) is 28.2. The molecule has 0 saturated carbocycles. The van der Waals surface area contributed by atoms with E-state index in [1.807, 2.05) is 53.9 Å². The summed E-state index contributed by atoms with van der Waals surface area (Å²) in [7, 11) is 0. The molecule has 30 heavy (non-hydrogen) atoms. The highest BCUT2D eigenvalue weighted by molar-refractivity contribution is 8.02. The van der Waals surface area contributed by atoms with Crippen LogP contribution < -0.4 is 15.2 Å². The van der Waals surface area contributed by atoms with Gasteiger partial charge in [0.15, 0.2) is 0 Å². The van der Waals surface area contributed by atoms with Crippen LogP contribution in [0.25, 0.3) is 0 Å². The summed E-state index contributed by atoms with van der Waals surface area (Å²) in [5, 5.41) is 10.8. The molecular formula is C21H15ClN4O2S2. The van der Waals surface area contributed by atoms with E-state index in [0.717, 1.165) is 5.69 Å². The Labute approximate surface area is 186 Å². The number of thiophene rings is 1. The first-order chi connectivity index (χ1) is 14.6. The van der Waals surface area contributed by atoms with Gasteiger partial charge in [0, 0.05) is 10.7 Å². The Balaban J connectivity index is 1.70. The van der Waals surface area contributed by atoms with Crippen LogP contribution in [0, 0.1) is 0 Å². The van der Waals surface area contributed by atoms with Crippen molar-refractivity contribution >= 4 is 63.6 Å². The number of amides is 1. The van der Waals surface area contributed by atoms with Gasteiger partial charge in [-0.15, -0.1) is 16.4 Å². The second kappa shape index (κ2) is 7.46. The van der Waals surface area contributed by atoms with Gasteiger partial charge in [-0.05, 0) is 47.8 Å². The number of amidine groups is 1. The smallest absolute Gasteiger partial charge is 0.268 e. The Kier molecular flexibility index (Phi) is 4.77. The van der Waals surface area contributed by atoms with Crippen LogP contribution in [0.2, 0.25) is 5.02 Å². The highest BCUT2D eigenvalue weighted by atomic mass is 35.5. The van der Waals surface area contributed by atoms with E-state index in [-0.39, 0.29) is 23.3 Å². The Morgan fingerprint density at radius 2 is 1.80 bits per heavy atom. The van der Waals surface area contributed by atoms with E-state index in [1.54, 1.807) is 28.1 Å². The molecule has 1 saturated heterocycles. The molecule has 150 valence electrons. The number of rotatable bonds is 4. The van der Waals surface area contributed by atoms with Crippen molar-refractivity contribution in [3.8, 4) is 0 Å². The van der Waals surface area contributed by atoms with Crippen molar-refractivity contribution in [2.45, 2.75) is 5.12 Å². The molecule has 2 aliphatic heterocycles. The molecule has 1 fully saturated rings. The predicted octanol–water partition coefficient (Wildman–Crippen LogP) is 4.40. The second-order valence-electron chi connectivity index (χ2n) is 6.63. The molecule has 5 rings (SSSR count). The number of Topliss-reactive ketones (excluding diaryl/α,β-unsaturated/α-hetero) is 1. The van der Waals surface area contributed by atoms with Crippen molar-refractivity contribution in [3.05, 3.63) is 82.0 Å². The minimum absolute atomic E-state index is 0.125. The van der Waals surface area contributed by atoms with Crippen LogP contribution in [0.3, 0.4) is 0 Å². The molecule has 1 N–H and O–H groups in total. The monoisotopic (exact) mass is 454 g/mol. The maximum Gasteiger partial charge on any atom is 0.268 e. The maximum absolute atomic E-state index is 13.4. The van der Waals surface area contributed by atoms with Gasteiger partial charge in [0.1, 0.15) is 0 Å². The van der Waals surface area contributed by atoms with Gasteiger partial charge in [0.05, 0.1) is 16.3 Å². The summed E-state index contributed by atoms with van der Waals surface area (Å²) >= 11 is 8.81. The van der Waals surface area contributed by atoms with E-state index in [1.165, 1.54) is 23.1 Å². The second-order valence-corrected chi connectivity index (χ2v) is 9.17. The molecule has 1 spiro atoms. The number of anilines is 2. The number of para-hydroxylation sites is 1. The molecule has 6 nitrogen and oxygen atoms in total. The van der Waals surface area contributed by atoms with Crippen LogP contribution in [-0.4, -0.2) is 28.4 Å². The number of thioether (sulfide) groups is 1. The first-order valence-corrected chi connectivity index (χ1v) is 11.4. The van der Waals surface area contributed by atoms with Crippen molar-refractivity contribution in [2.75, 3.05) is 15.7 Å². The third-order valence-corrected chi connectivity index (χ3v) is 7.12. The molecule has 2 aliphatic rings. The lowest BCUT2D eigenvalue weighted by atomic mass is 10.2. The average molecular weight is 455 g/mol. The zero-order valence-electron chi connectivity index (χ0n) is 15.5. The van der Waals surface area contributed by atoms with Gasteiger partial charge >= 0.3 is 0 Å². The number of halogens is 1. The third-order valence-electron chi connectivity index (χ3n) is 4.74. The summed E-state index contributed by atoms with van der Waals surface area (Å²) < 4.78 is 0. The summed E-state index contributed by atoms with van der Waals surface area (Å²) in [5.74, 6) is 0.170. The van der Waals surface area contributed by atoms with E-state index >= 15 is 0 Å². The van der Waals surface area contributed by atoms with Crippen molar-refractivity contribution in [1.29, 1.82) is 0 Å². The number of carbonyl (C=O) groups excluding carboxylic acids is 2. The van der Waals surface area contributed by atoms with Gasteiger partial charge in [-0.3, -0.25) is 14.5 Å². The number of benzene rings is 2. The fourth-order valence-corrected chi connectivity index (χ4v) is 5.42. The summed E-state index contributed by atoms with van der Waals surface area (Å²) in [5.41, 5.74) is 1.47. The number of hydrogen-bond donors (Lipinski definition) is 1. The fraction of sp³-hybridized carbons (Fsp3) is 0.0952. The highest BCUT2D eigenvalue weighted by Crippen LogP contribution is 2.45. The van der Waals surface area contributed by atoms with E-state index in [9.17, 15) is 9.59 Å². The van der Waals surface area contributed by atoms with Gasteiger partial charge in [-0.2, -0.15) is 0 Å². The molecule has 0 bridgehead atoms. The van der Waals surface area contributed by atoms with Gasteiger partial charge < -0.3 is 5.32 Å². The van der Waals surface area contributed by atoms with E-state index in [4.69, 9.17) is 16.7 Å². The van der Waals surface area contributed by atoms with Crippen LogP contribution in [0.5, 0.6) is 0 Å². The first-order valence-electron chi connectivity index (χ1n) is 9.11. The van der Waals surface area contributed by atoms with Crippen LogP contribution >= 0.6 is 34.7 Å². The zero-order valence-corrected chi connectivity index (χ0v) is 17.9. The van der Waals surface area contributed by atoms with Crippen LogP contribution in [0.15, 0.2) is 77.2 Å². The molecule has 3 aromatic rings. The Morgan fingerprint density at radius 1 is 1.03 bits per heavy atom. The molecule has 3 heterocycles. The van der Waals surface area contributed by atoms with Gasteiger partial charge in [-0.1, -0.05) is 47.6 Å². The molecular weight excluding hydrogens is 440 g/mol. The van der Waals surface area contributed by atoms with Crippen molar-refractivity contribution in [3.63, 3.8) is 0 Å². The quantitative estimate of drug-likeness (QED) is 0.592. The lowest BCUT2D eigenvalue weighted by molar-refractivity contribution is -0.118. The number of hydrogen-bond acceptors (Lipinski definition) is 7. The Bertz CT molecular complexity index is 1140. The Morgan fingerprint density at radius 3 is 2.43 bits per heavy atom. The number of nitrogens with zero attached hydrogens (tertiary/aromatic N) is 3. The molecule has 1 amide bonds. The van der Waals surface area contributed by atoms with Crippen molar-refractivity contribution in [2.24, 2.45) is 5.10 Å². The molecule has 0 aliphatic carbocycles. The number of hydrazone groups is 1. The maximum atomic E-state index is 13.4. The third kappa shape index (κ3) is 3.08. The highest BCUT2D eigenvalue weighted by Gasteiger charge is 2.57. The summed E-state index contributed by atoms with van der Waals surface area (Å²) in [6.07, 6.45) is 0. The van der Waals surface area contributed by atoms with Gasteiger partial charge in [0.25, 0.3) is 5.12 Å². The largest absolute Gasteiger partial charge is 0.304 e. The standard InChI is InChI=1S/C21H15ClN4O2S2/c22-14-8-10-16(11-9-14)26-21(23-18(27)13-30-21)25(15-5-2-1-3-6-15)20(24-26)19(28)17-7-4-12-29-17/h1-12H,13H2,(H,23,27). The lowest BCUT2D eigenvalue weighted by Gasteiger charge is -2.39. The molecule has 1 aromatic heterocycles. The van der Waals surface area contributed by atoms with Gasteiger partial charge in [0.2, 0.25) is 17.5 Å². The van der Waals surface area contributed by atoms with E-state index in [2.05, 4.69) is 5.32 Å². The number of nitrogens with one attached hydrogen (secondary N) is 1. The average Bonchev–Trinajstić information content (AvgIpc) is 3.49. The number of ketones is 1. The summed E-state index contributed by atoms with van der Waals surface area (Å²) in [6.45, 7) is 0. The Hall–Kier alpha value is -2.81. The molecule has 1 unspecified atom stereocenters. The topological polar surface area (TPSA) is 65.0 Å².